The highest BCUT2D eigenvalue weighted by atomic mass is 35.5. The van der Waals surface area contributed by atoms with Crippen LogP contribution >= 0.6 is 23.4 Å². The van der Waals surface area contributed by atoms with Crippen LogP contribution in [0.25, 0.3) is 0 Å². The molecule has 2 aliphatic rings. The Labute approximate surface area is 120 Å². The molecule has 1 unspecified atom stereocenters. The fourth-order valence-electron chi connectivity index (χ4n) is 2.02. The summed E-state index contributed by atoms with van der Waals surface area (Å²) in [5.41, 5.74) is 0.924. The summed E-state index contributed by atoms with van der Waals surface area (Å²) in [6, 6.07) is -0.473. The molecule has 5 nitrogen and oxygen atoms in total. The van der Waals surface area contributed by atoms with Gasteiger partial charge in [-0.15, -0.1) is 23.4 Å². The summed E-state index contributed by atoms with van der Waals surface area (Å²) in [6.07, 6.45) is 2.32. The normalized spacial score (nSPS) is 30.6. The topological polar surface area (TPSA) is 70.0 Å². The van der Waals surface area contributed by atoms with Crippen molar-refractivity contribution in [3.63, 3.8) is 0 Å². The molecule has 0 aromatic rings. The molecule has 2 aliphatic heterocycles. The van der Waals surface area contributed by atoms with E-state index >= 15 is 0 Å². The summed E-state index contributed by atoms with van der Waals surface area (Å²) in [5.74, 6) is -1.02. The van der Waals surface area contributed by atoms with Gasteiger partial charge in [0.05, 0.1) is 0 Å². The van der Waals surface area contributed by atoms with Gasteiger partial charge in [0.25, 0.3) is 5.91 Å². The van der Waals surface area contributed by atoms with Crippen LogP contribution in [-0.2, 0) is 9.59 Å². The van der Waals surface area contributed by atoms with Crippen LogP contribution in [0.4, 0.5) is 0 Å². The molecular weight excluding hydrogens is 288 g/mol. The maximum Gasteiger partial charge on any atom is 0.352 e. The molecule has 0 bridgehead atoms. The second kappa shape index (κ2) is 5.54. The number of nitrogens with zero attached hydrogens (tertiary/aromatic N) is 2. The van der Waals surface area contributed by atoms with Gasteiger partial charge in [-0.3, -0.25) is 14.7 Å². The van der Waals surface area contributed by atoms with Gasteiger partial charge in [-0.25, -0.2) is 4.79 Å². The molecule has 3 atom stereocenters. The smallest absolute Gasteiger partial charge is 0.352 e. The number of β-lactam (4-membered cyclic amide) rings is 1. The molecule has 0 aliphatic carbocycles. The second-order valence-corrected chi connectivity index (χ2v) is 6.12. The van der Waals surface area contributed by atoms with Crippen molar-refractivity contribution in [2.45, 2.75) is 36.9 Å². The molecule has 0 aromatic carbocycles. The van der Waals surface area contributed by atoms with E-state index in [1.54, 1.807) is 6.08 Å². The predicted molar refractivity (Wildman–Crippen MR) is 75.6 cm³/mol. The Morgan fingerprint density at radius 1 is 1.63 bits per heavy atom. The van der Waals surface area contributed by atoms with E-state index in [2.05, 4.69) is 4.99 Å². The van der Waals surface area contributed by atoms with E-state index in [1.807, 2.05) is 13.8 Å². The van der Waals surface area contributed by atoms with Crippen molar-refractivity contribution >= 4 is 41.0 Å². The van der Waals surface area contributed by atoms with Crippen molar-refractivity contribution in [3.8, 4) is 0 Å². The molecule has 1 saturated heterocycles. The molecule has 2 heterocycles. The third-order valence-electron chi connectivity index (χ3n) is 3.17. The minimum Gasteiger partial charge on any atom is -0.477 e. The van der Waals surface area contributed by atoms with Crippen LogP contribution < -0.4 is 0 Å². The monoisotopic (exact) mass is 302 g/mol. The zero-order valence-electron chi connectivity index (χ0n) is 10.7. The Bertz CT molecular complexity index is 478. The lowest BCUT2D eigenvalue weighted by Gasteiger charge is -2.48. The van der Waals surface area contributed by atoms with Crippen LogP contribution in [0.15, 0.2) is 16.8 Å². The summed E-state index contributed by atoms with van der Waals surface area (Å²) in [6.45, 7) is 3.84. The van der Waals surface area contributed by atoms with E-state index in [4.69, 9.17) is 16.7 Å². The lowest BCUT2D eigenvalue weighted by atomic mass is 10.0. The number of halogens is 1. The van der Waals surface area contributed by atoms with Crippen molar-refractivity contribution in [1.82, 2.24) is 4.90 Å². The third kappa shape index (κ3) is 2.51. The summed E-state index contributed by atoms with van der Waals surface area (Å²) in [4.78, 5) is 28.9. The number of amides is 1. The number of alkyl halides is 1. The molecule has 0 saturated carbocycles. The van der Waals surface area contributed by atoms with E-state index in [9.17, 15) is 9.59 Å². The van der Waals surface area contributed by atoms with Gasteiger partial charge in [0, 0.05) is 16.8 Å². The van der Waals surface area contributed by atoms with Crippen molar-refractivity contribution < 1.29 is 14.7 Å². The number of carboxylic acids is 1. The molecule has 19 heavy (non-hydrogen) atoms. The fourth-order valence-corrected chi connectivity index (χ4v) is 3.63. The van der Waals surface area contributed by atoms with Gasteiger partial charge in [-0.2, -0.15) is 0 Å². The zero-order chi connectivity index (χ0) is 14.2. The predicted octanol–water partition coefficient (Wildman–Crippen LogP) is 1.72. The zero-order valence-corrected chi connectivity index (χ0v) is 12.2. The van der Waals surface area contributed by atoms with Gasteiger partial charge in [-0.1, -0.05) is 6.92 Å². The van der Waals surface area contributed by atoms with Crippen molar-refractivity contribution in [1.29, 1.82) is 0 Å². The van der Waals surface area contributed by atoms with Crippen LogP contribution in [-0.4, -0.2) is 50.1 Å². The standard InChI is InChI=1S/C12H15ClN2O3S/c1-3-6(2)14-9-10(16)15-8(12(17)18)4-7(5-13)19-11(9)15/h4,7,9,11H,3,5H2,1-2H3,(H,17,18)/t7?,9-,11-/m1/s1. The van der Waals surface area contributed by atoms with Crippen LogP contribution in [0.5, 0.6) is 0 Å². The Kier molecular flexibility index (Phi) is 4.20. The molecule has 104 valence electrons. The molecule has 1 amide bonds. The number of carboxylic acid groups (broad SMARTS) is 1. The highest BCUT2D eigenvalue weighted by molar-refractivity contribution is 8.01. The van der Waals surface area contributed by atoms with E-state index in [0.29, 0.717) is 5.88 Å². The van der Waals surface area contributed by atoms with Crippen molar-refractivity contribution in [2.75, 3.05) is 5.88 Å². The maximum absolute atomic E-state index is 12.0. The first-order valence-electron chi connectivity index (χ1n) is 6.02. The molecule has 1 N–H and O–H groups in total. The molecule has 0 radical (unpaired) electrons. The summed E-state index contributed by atoms with van der Waals surface area (Å²) in [7, 11) is 0. The highest BCUT2D eigenvalue weighted by Crippen LogP contribution is 2.42. The van der Waals surface area contributed by atoms with Gasteiger partial charge in [0.2, 0.25) is 0 Å². The third-order valence-corrected chi connectivity index (χ3v) is 5.09. The lowest BCUT2D eigenvalue weighted by Crippen LogP contribution is -2.64. The van der Waals surface area contributed by atoms with E-state index in [1.165, 1.54) is 16.7 Å². The summed E-state index contributed by atoms with van der Waals surface area (Å²) in [5, 5.41) is 8.82. The second-order valence-electron chi connectivity index (χ2n) is 4.45. The fraction of sp³-hybridized carbons (Fsp3) is 0.583. The van der Waals surface area contributed by atoms with Crippen molar-refractivity contribution in [3.05, 3.63) is 11.8 Å². The number of carbonyl (C=O) groups is 2. The first-order valence-corrected chi connectivity index (χ1v) is 7.50. The lowest BCUT2D eigenvalue weighted by molar-refractivity contribution is -0.147. The number of thioether (sulfide) groups is 1. The maximum atomic E-state index is 12.0. The highest BCUT2D eigenvalue weighted by Gasteiger charge is 2.53. The van der Waals surface area contributed by atoms with Gasteiger partial charge in [0.1, 0.15) is 11.1 Å². The Hall–Kier alpha value is -1.01. The van der Waals surface area contributed by atoms with Crippen LogP contribution in [0.1, 0.15) is 20.3 Å². The number of aliphatic carboxylic acids is 1. The van der Waals surface area contributed by atoms with Gasteiger partial charge < -0.3 is 5.11 Å². The molecule has 2 rings (SSSR count). The number of fused-ring (bicyclic) bond motifs is 1. The van der Waals surface area contributed by atoms with E-state index < -0.39 is 12.0 Å². The molecule has 7 heteroatoms. The van der Waals surface area contributed by atoms with Crippen LogP contribution in [0.3, 0.4) is 0 Å². The number of hydrogen-bond donors (Lipinski definition) is 1. The molecule has 1 fully saturated rings. The van der Waals surface area contributed by atoms with Gasteiger partial charge in [-0.05, 0) is 19.4 Å². The Morgan fingerprint density at radius 3 is 2.84 bits per heavy atom. The van der Waals surface area contributed by atoms with Crippen LogP contribution in [0, 0.1) is 0 Å². The quantitative estimate of drug-likeness (QED) is 0.488. The minimum atomic E-state index is -1.09. The average Bonchev–Trinajstić information content (AvgIpc) is 2.42. The number of hydrogen-bond acceptors (Lipinski definition) is 4. The largest absolute Gasteiger partial charge is 0.477 e. The first kappa shape index (κ1) is 14.4. The van der Waals surface area contributed by atoms with Gasteiger partial charge in [0.15, 0.2) is 6.04 Å². The van der Waals surface area contributed by atoms with E-state index in [0.717, 1.165) is 12.1 Å². The number of aliphatic imine (C=N–C) groups is 1. The average molecular weight is 303 g/mol. The number of rotatable bonds is 4. The summed E-state index contributed by atoms with van der Waals surface area (Å²) < 4.78 is 0. The minimum absolute atomic E-state index is 0.0278. The molecular formula is C12H15ClN2O3S. The first-order chi connectivity index (χ1) is 8.99. The summed E-state index contributed by atoms with van der Waals surface area (Å²) >= 11 is 7.30. The molecule has 0 spiro atoms. The van der Waals surface area contributed by atoms with Crippen molar-refractivity contribution in [2.24, 2.45) is 4.99 Å². The van der Waals surface area contributed by atoms with Gasteiger partial charge >= 0.3 is 5.97 Å². The van der Waals surface area contributed by atoms with Crippen LogP contribution in [0.2, 0.25) is 0 Å². The SMILES string of the molecule is CCC(C)=N[C@@H]1C(=O)N2C(C(=O)O)=CC(CCl)S[C@H]12. The molecule has 0 aromatic heterocycles. The Morgan fingerprint density at radius 2 is 2.32 bits per heavy atom. The Balaban J connectivity index is 2.26. The van der Waals surface area contributed by atoms with E-state index in [-0.39, 0.29) is 22.2 Å². The number of carbonyl (C=O) groups excluding carboxylic acids is 1.